The highest BCUT2D eigenvalue weighted by Gasteiger charge is 2.23. The summed E-state index contributed by atoms with van der Waals surface area (Å²) in [6.45, 7) is 1.03. The Bertz CT molecular complexity index is 684. The molecular weight excluding hydrogens is 329 g/mol. The second-order valence-corrected chi connectivity index (χ2v) is 6.80. The molecule has 3 rings (SSSR count). The van der Waals surface area contributed by atoms with Crippen LogP contribution >= 0.6 is 23.2 Å². The average molecular weight is 348 g/mol. The average Bonchev–Trinajstić information content (AvgIpc) is 3.00. The third-order valence-electron chi connectivity index (χ3n) is 4.41. The molecular formula is C19H19Cl2NO. The Balaban J connectivity index is 1.71. The number of hydrogen-bond donors (Lipinski definition) is 0. The van der Waals surface area contributed by atoms with Gasteiger partial charge in [-0.25, -0.2) is 0 Å². The van der Waals surface area contributed by atoms with Gasteiger partial charge in [0.15, 0.2) is 0 Å². The molecule has 1 fully saturated rings. The van der Waals surface area contributed by atoms with Crippen molar-refractivity contribution < 1.29 is 4.79 Å². The Hall–Kier alpha value is -1.51. The first-order chi connectivity index (χ1) is 11.2. The Morgan fingerprint density at radius 2 is 1.78 bits per heavy atom. The molecule has 1 saturated heterocycles. The standard InChI is InChI=1S/C19H19Cl2NO/c20-18-8-5-15(13-19(18)21)12-14-3-6-17(7-4-14)22-10-1-2-16(22)9-11-23/h3-8,11,13,16H,1-2,9-10,12H2. The highest BCUT2D eigenvalue weighted by Crippen LogP contribution is 2.28. The molecule has 0 N–H and O–H groups in total. The molecule has 2 aromatic carbocycles. The summed E-state index contributed by atoms with van der Waals surface area (Å²) < 4.78 is 0. The number of nitrogens with zero attached hydrogens (tertiary/aromatic N) is 1. The van der Waals surface area contributed by atoms with Gasteiger partial charge in [-0.1, -0.05) is 41.4 Å². The van der Waals surface area contributed by atoms with Crippen LogP contribution < -0.4 is 4.90 Å². The summed E-state index contributed by atoms with van der Waals surface area (Å²) in [4.78, 5) is 13.1. The van der Waals surface area contributed by atoms with Crippen molar-refractivity contribution in [1.29, 1.82) is 0 Å². The maximum absolute atomic E-state index is 10.8. The summed E-state index contributed by atoms with van der Waals surface area (Å²) in [5, 5.41) is 1.18. The lowest BCUT2D eigenvalue weighted by molar-refractivity contribution is -0.108. The number of anilines is 1. The first-order valence-corrected chi connectivity index (χ1v) is 8.66. The maximum Gasteiger partial charge on any atom is 0.122 e. The van der Waals surface area contributed by atoms with E-state index in [0.29, 0.717) is 22.5 Å². The van der Waals surface area contributed by atoms with E-state index in [0.717, 1.165) is 37.7 Å². The summed E-state index contributed by atoms with van der Waals surface area (Å²) in [5.74, 6) is 0. The Labute approximate surface area is 147 Å². The van der Waals surface area contributed by atoms with Gasteiger partial charge in [0.2, 0.25) is 0 Å². The largest absolute Gasteiger partial charge is 0.368 e. The van der Waals surface area contributed by atoms with E-state index in [-0.39, 0.29) is 0 Å². The molecule has 0 radical (unpaired) electrons. The van der Waals surface area contributed by atoms with Gasteiger partial charge in [-0.15, -0.1) is 0 Å². The van der Waals surface area contributed by atoms with Crippen LogP contribution in [0, 0.1) is 0 Å². The van der Waals surface area contributed by atoms with Crippen molar-refractivity contribution in [2.24, 2.45) is 0 Å². The van der Waals surface area contributed by atoms with E-state index >= 15 is 0 Å². The van der Waals surface area contributed by atoms with E-state index in [1.165, 1.54) is 11.3 Å². The Kier molecular flexibility index (Phi) is 5.24. The molecule has 4 heteroatoms. The third kappa shape index (κ3) is 3.88. The summed E-state index contributed by atoms with van der Waals surface area (Å²) in [6, 6.07) is 14.7. The van der Waals surface area contributed by atoms with Gasteiger partial charge in [-0.2, -0.15) is 0 Å². The lowest BCUT2D eigenvalue weighted by atomic mass is 10.0. The lowest BCUT2D eigenvalue weighted by Crippen LogP contribution is -2.29. The Morgan fingerprint density at radius 3 is 2.48 bits per heavy atom. The number of carbonyl (C=O) groups is 1. The molecule has 120 valence electrons. The summed E-state index contributed by atoms with van der Waals surface area (Å²) >= 11 is 12.0. The van der Waals surface area contributed by atoms with E-state index in [4.69, 9.17) is 23.2 Å². The van der Waals surface area contributed by atoms with Crippen molar-refractivity contribution in [2.75, 3.05) is 11.4 Å². The van der Waals surface area contributed by atoms with E-state index in [9.17, 15) is 4.79 Å². The van der Waals surface area contributed by atoms with E-state index in [2.05, 4.69) is 29.2 Å². The van der Waals surface area contributed by atoms with Gasteiger partial charge < -0.3 is 9.69 Å². The van der Waals surface area contributed by atoms with Crippen molar-refractivity contribution in [3.05, 3.63) is 63.6 Å². The van der Waals surface area contributed by atoms with Gasteiger partial charge in [-0.3, -0.25) is 0 Å². The van der Waals surface area contributed by atoms with Crippen LogP contribution in [-0.2, 0) is 11.2 Å². The maximum atomic E-state index is 10.8. The van der Waals surface area contributed by atoms with Crippen LogP contribution in [-0.4, -0.2) is 18.9 Å². The molecule has 1 aliphatic heterocycles. The van der Waals surface area contributed by atoms with Crippen LogP contribution in [0.5, 0.6) is 0 Å². The lowest BCUT2D eigenvalue weighted by Gasteiger charge is -2.25. The highest BCUT2D eigenvalue weighted by molar-refractivity contribution is 6.42. The minimum atomic E-state index is 0.355. The number of rotatable bonds is 5. The van der Waals surface area contributed by atoms with Crippen molar-refractivity contribution in [3.63, 3.8) is 0 Å². The van der Waals surface area contributed by atoms with E-state index in [1.54, 1.807) is 0 Å². The topological polar surface area (TPSA) is 20.3 Å². The molecule has 2 aromatic rings. The molecule has 0 amide bonds. The van der Waals surface area contributed by atoms with Gasteiger partial charge >= 0.3 is 0 Å². The monoisotopic (exact) mass is 347 g/mol. The first-order valence-electron chi connectivity index (χ1n) is 7.90. The molecule has 0 bridgehead atoms. The second-order valence-electron chi connectivity index (χ2n) is 5.98. The highest BCUT2D eigenvalue weighted by atomic mass is 35.5. The molecule has 1 unspecified atom stereocenters. The minimum Gasteiger partial charge on any atom is -0.368 e. The predicted molar refractivity (Wildman–Crippen MR) is 96.8 cm³/mol. The van der Waals surface area contributed by atoms with Crippen LogP contribution in [0.1, 0.15) is 30.4 Å². The zero-order chi connectivity index (χ0) is 16.2. The first kappa shape index (κ1) is 16.4. The molecule has 2 nitrogen and oxygen atoms in total. The van der Waals surface area contributed by atoms with Crippen LogP contribution in [0.15, 0.2) is 42.5 Å². The zero-order valence-corrected chi connectivity index (χ0v) is 14.4. The predicted octanol–water partition coefficient (Wildman–Crippen LogP) is 5.14. The molecule has 23 heavy (non-hydrogen) atoms. The van der Waals surface area contributed by atoms with Crippen molar-refractivity contribution in [3.8, 4) is 0 Å². The van der Waals surface area contributed by atoms with Crippen LogP contribution in [0.2, 0.25) is 10.0 Å². The van der Waals surface area contributed by atoms with Crippen molar-refractivity contribution >= 4 is 35.2 Å². The fourth-order valence-corrected chi connectivity index (χ4v) is 3.54. The number of carbonyl (C=O) groups excluding carboxylic acids is 1. The second kappa shape index (κ2) is 7.37. The SMILES string of the molecule is O=CCC1CCCN1c1ccc(Cc2ccc(Cl)c(Cl)c2)cc1. The van der Waals surface area contributed by atoms with Crippen LogP contribution in [0.25, 0.3) is 0 Å². The van der Waals surface area contributed by atoms with Crippen LogP contribution in [0.3, 0.4) is 0 Å². The molecule has 1 atom stereocenters. The molecule has 1 aliphatic rings. The van der Waals surface area contributed by atoms with Crippen molar-refractivity contribution in [1.82, 2.24) is 0 Å². The molecule has 0 aliphatic carbocycles. The van der Waals surface area contributed by atoms with E-state index in [1.807, 2.05) is 18.2 Å². The van der Waals surface area contributed by atoms with Gasteiger partial charge in [-0.05, 0) is 54.7 Å². The molecule has 1 heterocycles. The zero-order valence-electron chi connectivity index (χ0n) is 12.8. The van der Waals surface area contributed by atoms with Gasteiger partial charge in [0.05, 0.1) is 10.0 Å². The van der Waals surface area contributed by atoms with Gasteiger partial charge in [0.1, 0.15) is 6.29 Å². The molecule has 0 aromatic heterocycles. The molecule has 0 spiro atoms. The normalized spacial score (nSPS) is 17.5. The summed E-state index contributed by atoms with van der Waals surface area (Å²) in [5.41, 5.74) is 3.58. The third-order valence-corrected chi connectivity index (χ3v) is 5.14. The minimum absolute atomic E-state index is 0.355. The number of benzene rings is 2. The smallest absolute Gasteiger partial charge is 0.122 e. The van der Waals surface area contributed by atoms with E-state index < -0.39 is 0 Å². The van der Waals surface area contributed by atoms with Crippen LogP contribution in [0.4, 0.5) is 5.69 Å². The van der Waals surface area contributed by atoms with Gasteiger partial charge in [0, 0.05) is 24.7 Å². The number of halogens is 2. The number of hydrogen-bond acceptors (Lipinski definition) is 2. The fraction of sp³-hybridized carbons (Fsp3) is 0.316. The fourth-order valence-electron chi connectivity index (χ4n) is 3.22. The Morgan fingerprint density at radius 1 is 1.04 bits per heavy atom. The summed E-state index contributed by atoms with van der Waals surface area (Å²) in [7, 11) is 0. The van der Waals surface area contributed by atoms with Gasteiger partial charge in [0.25, 0.3) is 0 Å². The summed E-state index contributed by atoms with van der Waals surface area (Å²) in [6.07, 6.45) is 4.73. The molecule has 0 saturated carbocycles. The van der Waals surface area contributed by atoms with Crippen molar-refractivity contribution in [2.45, 2.75) is 31.7 Å². The quantitative estimate of drug-likeness (QED) is 0.697. The number of aldehydes is 1.